The molecular formula is C23H37N3O5S. The average molecular weight is 468 g/mol. The molecule has 0 radical (unpaired) electrons. The third-order valence-electron chi connectivity index (χ3n) is 6.43. The Morgan fingerprint density at radius 3 is 2.41 bits per heavy atom. The van der Waals surface area contributed by atoms with Crippen LogP contribution in [0.2, 0.25) is 0 Å². The van der Waals surface area contributed by atoms with Crippen LogP contribution in [-0.2, 0) is 14.8 Å². The van der Waals surface area contributed by atoms with Gasteiger partial charge in [0.25, 0.3) is 5.91 Å². The van der Waals surface area contributed by atoms with Crippen molar-refractivity contribution in [1.82, 2.24) is 14.5 Å². The molecule has 2 aliphatic heterocycles. The molecule has 2 unspecified atom stereocenters. The number of hydrogen-bond donors (Lipinski definition) is 1. The largest absolute Gasteiger partial charge is 0.496 e. The minimum absolute atomic E-state index is 0.0864. The van der Waals surface area contributed by atoms with Crippen molar-refractivity contribution in [3.05, 3.63) is 23.8 Å². The van der Waals surface area contributed by atoms with Crippen molar-refractivity contribution in [3.63, 3.8) is 0 Å². The minimum Gasteiger partial charge on any atom is -0.496 e. The normalized spacial score (nSPS) is 23.7. The molecule has 2 heterocycles. The summed E-state index contributed by atoms with van der Waals surface area (Å²) in [7, 11) is -2.23. The van der Waals surface area contributed by atoms with Crippen LogP contribution < -0.4 is 10.1 Å². The van der Waals surface area contributed by atoms with Gasteiger partial charge < -0.3 is 14.8 Å². The predicted octanol–water partition coefficient (Wildman–Crippen LogP) is 2.20. The van der Waals surface area contributed by atoms with E-state index in [-0.39, 0.29) is 21.9 Å². The van der Waals surface area contributed by atoms with Crippen molar-refractivity contribution in [3.8, 4) is 5.75 Å². The molecule has 2 atom stereocenters. The molecule has 9 heteroatoms. The molecule has 1 N–H and O–H groups in total. The maximum absolute atomic E-state index is 13.1. The zero-order chi connectivity index (χ0) is 23.5. The van der Waals surface area contributed by atoms with Crippen LogP contribution in [0.15, 0.2) is 23.1 Å². The van der Waals surface area contributed by atoms with E-state index >= 15 is 0 Å². The Morgan fingerprint density at radius 2 is 1.81 bits per heavy atom. The molecule has 1 aromatic rings. The maximum Gasteiger partial charge on any atom is 0.255 e. The van der Waals surface area contributed by atoms with Gasteiger partial charge in [-0.3, -0.25) is 9.69 Å². The van der Waals surface area contributed by atoms with Gasteiger partial charge >= 0.3 is 0 Å². The lowest BCUT2D eigenvalue weighted by Crippen LogP contribution is -2.56. The average Bonchev–Trinajstić information content (AvgIpc) is 2.77. The molecule has 2 aliphatic rings. The summed E-state index contributed by atoms with van der Waals surface area (Å²) in [5, 5.41) is 3.01. The Bertz CT molecular complexity index is 902. The van der Waals surface area contributed by atoms with Crippen molar-refractivity contribution in [2.24, 2.45) is 11.8 Å². The fourth-order valence-electron chi connectivity index (χ4n) is 4.62. The van der Waals surface area contributed by atoms with Crippen LogP contribution in [0.1, 0.15) is 44.5 Å². The lowest BCUT2D eigenvalue weighted by molar-refractivity contribution is 0.0444. The monoisotopic (exact) mass is 467 g/mol. The Hall–Kier alpha value is -1.68. The SMILES string of the molecule is COc1ccc(S(=O)(=O)N2CCOCC2)cc1C(=O)NCC(C)(C)N1CC(C)CC(C)C1. The fraction of sp³-hybridized carbons (Fsp3) is 0.696. The molecule has 180 valence electrons. The third-order valence-corrected chi connectivity index (χ3v) is 8.32. The van der Waals surface area contributed by atoms with E-state index in [1.54, 1.807) is 6.07 Å². The Balaban J connectivity index is 1.76. The van der Waals surface area contributed by atoms with E-state index < -0.39 is 10.0 Å². The van der Waals surface area contributed by atoms with E-state index in [4.69, 9.17) is 9.47 Å². The summed E-state index contributed by atoms with van der Waals surface area (Å²) in [6.45, 7) is 12.6. The second kappa shape index (κ2) is 10.1. The van der Waals surface area contributed by atoms with E-state index in [0.29, 0.717) is 50.4 Å². The van der Waals surface area contributed by atoms with Crippen LogP contribution in [0.5, 0.6) is 5.75 Å². The van der Waals surface area contributed by atoms with Gasteiger partial charge in [-0.05, 0) is 50.3 Å². The first kappa shape index (κ1) is 25.0. The number of carbonyl (C=O) groups is 1. The summed E-state index contributed by atoms with van der Waals surface area (Å²) >= 11 is 0. The van der Waals surface area contributed by atoms with Crippen molar-refractivity contribution < 1.29 is 22.7 Å². The van der Waals surface area contributed by atoms with Gasteiger partial charge in [-0.1, -0.05) is 13.8 Å². The highest BCUT2D eigenvalue weighted by atomic mass is 32.2. The second-order valence-electron chi connectivity index (χ2n) is 9.72. The van der Waals surface area contributed by atoms with E-state index in [1.807, 2.05) is 0 Å². The van der Waals surface area contributed by atoms with Crippen LogP contribution in [0.25, 0.3) is 0 Å². The standard InChI is InChI=1S/C23H37N3O5S/c1-17-12-18(2)15-25(14-17)23(3,4)16-24-22(27)20-13-19(6-7-21(20)30-5)32(28,29)26-8-10-31-11-9-26/h6-7,13,17-18H,8-12,14-16H2,1-5H3,(H,24,27). The second-order valence-corrected chi connectivity index (χ2v) is 11.7. The number of amides is 1. The van der Waals surface area contributed by atoms with Crippen LogP contribution in [-0.4, -0.2) is 82.1 Å². The number of piperidine rings is 1. The first-order chi connectivity index (χ1) is 15.0. The van der Waals surface area contributed by atoms with E-state index in [0.717, 1.165) is 13.1 Å². The van der Waals surface area contributed by atoms with Gasteiger partial charge in [-0.2, -0.15) is 4.31 Å². The van der Waals surface area contributed by atoms with E-state index in [2.05, 4.69) is 37.9 Å². The van der Waals surface area contributed by atoms with Gasteiger partial charge in [-0.25, -0.2) is 8.42 Å². The number of likely N-dealkylation sites (tertiary alicyclic amines) is 1. The molecule has 1 amide bonds. The lowest BCUT2D eigenvalue weighted by Gasteiger charge is -2.45. The molecule has 0 aliphatic carbocycles. The quantitative estimate of drug-likeness (QED) is 0.662. The number of nitrogens with one attached hydrogen (secondary N) is 1. The number of benzene rings is 1. The number of carbonyl (C=O) groups excluding carboxylic acids is 1. The molecular weight excluding hydrogens is 430 g/mol. The molecule has 2 fully saturated rings. The summed E-state index contributed by atoms with van der Waals surface area (Å²) in [6.07, 6.45) is 1.22. The molecule has 0 bridgehead atoms. The summed E-state index contributed by atoms with van der Waals surface area (Å²) < 4.78 is 38.1. The summed E-state index contributed by atoms with van der Waals surface area (Å²) in [5.41, 5.74) is 0.00146. The van der Waals surface area contributed by atoms with Crippen LogP contribution in [0.4, 0.5) is 0 Å². The number of rotatable bonds is 7. The van der Waals surface area contributed by atoms with Gasteiger partial charge in [0.2, 0.25) is 10.0 Å². The predicted molar refractivity (Wildman–Crippen MR) is 124 cm³/mol. The Kier molecular flexibility index (Phi) is 7.85. The summed E-state index contributed by atoms with van der Waals surface area (Å²) in [5.74, 6) is 1.25. The molecule has 3 rings (SSSR count). The van der Waals surface area contributed by atoms with Crippen molar-refractivity contribution >= 4 is 15.9 Å². The minimum atomic E-state index is -3.71. The van der Waals surface area contributed by atoms with Gasteiger partial charge in [0.05, 0.1) is 30.8 Å². The zero-order valence-electron chi connectivity index (χ0n) is 19.9. The highest BCUT2D eigenvalue weighted by molar-refractivity contribution is 7.89. The fourth-order valence-corrected chi connectivity index (χ4v) is 6.06. The third kappa shape index (κ3) is 5.62. The first-order valence-electron chi connectivity index (χ1n) is 11.3. The highest BCUT2D eigenvalue weighted by Gasteiger charge is 2.33. The van der Waals surface area contributed by atoms with Crippen molar-refractivity contribution in [2.75, 3.05) is 53.0 Å². The maximum atomic E-state index is 13.1. The topological polar surface area (TPSA) is 88.2 Å². The summed E-state index contributed by atoms with van der Waals surface area (Å²) in [4.78, 5) is 15.6. The molecule has 1 aromatic carbocycles. The Labute approximate surface area is 192 Å². The number of ether oxygens (including phenoxy) is 2. The number of morpholine rings is 1. The van der Waals surface area contributed by atoms with Gasteiger partial charge in [0.15, 0.2) is 0 Å². The van der Waals surface area contributed by atoms with Crippen molar-refractivity contribution in [1.29, 1.82) is 0 Å². The number of sulfonamides is 1. The van der Waals surface area contributed by atoms with Gasteiger partial charge in [-0.15, -0.1) is 0 Å². The number of methoxy groups -OCH3 is 1. The molecule has 0 spiro atoms. The summed E-state index contributed by atoms with van der Waals surface area (Å²) in [6, 6.07) is 4.44. The number of hydrogen-bond acceptors (Lipinski definition) is 6. The van der Waals surface area contributed by atoms with Crippen LogP contribution in [0.3, 0.4) is 0 Å². The Morgan fingerprint density at radius 1 is 1.19 bits per heavy atom. The molecule has 0 saturated carbocycles. The van der Waals surface area contributed by atoms with Crippen LogP contribution >= 0.6 is 0 Å². The first-order valence-corrected chi connectivity index (χ1v) is 12.8. The van der Waals surface area contributed by atoms with Gasteiger partial charge in [0.1, 0.15) is 5.75 Å². The van der Waals surface area contributed by atoms with Crippen LogP contribution in [0, 0.1) is 11.8 Å². The highest BCUT2D eigenvalue weighted by Crippen LogP contribution is 2.28. The zero-order valence-corrected chi connectivity index (χ0v) is 20.7. The molecule has 2 saturated heterocycles. The van der Waals surface area contributed by atoms with E-state index in [9.17, 15) is 13.2 Å². The van der Waals surface area contributed by atoms with Crippen molar-refractivity contribution in [2.45, 2.75) is 44.6 Å². The molecule has 8 nitrogen and oxygen atoms in total. The molecule has 32 heavy (non-hydrogen) atoms. The molecule has 0 aromatic heterocycles. The van der Waals surface area contributed by atoms with E-state index in [1.165, 1.54) is 30.0 Å². The smallest absolute Gasteiger partial charge is 0.255 e. The number of nitrogens with zero attached hydrogens (tertiary/aromatic N) is 2. The van der Waals surface area contributed by atoms with Gasteiger partial charge in [0, 0.05) is 38.3 Å². The lowest BCUT2D eigenvalue weighted by atomic mass is 9.88.